The largest absolute Gasteiger partial charge is 0.480 e. The van der Waals surface area contributed by atoms with Crippen molar-refractivity contribution in [3.8, 4) is 0 Å². The lowest BCUT2D eigenvalue weighted by molar-refractivity contribution is -0.144. The second-order valence-electron chi connectivity index (χ2n) is 4.24. The summed E-state index contributed by atoms with van der Waals surface area (Å²) in [6.45, 7) is 6.30. The molecule has 0 spiro atoms. The first kappa shape index (κ1) is 13.4. The number of aliphatic hydroxyl groups is 1. The van der Waals surface area contributed by atoms with E-state index < -0.39 is 11.5 Å². The Hall–Kier alpha value is -0.610. The molecule has 1 atom stereocenters. The quantitative estimate of drug-likeness (QED) is 0.536. The molecule has 0 aromatic heterocycles. The van der Waals surface area contributed by atoms with Gasteiger partial charge in [0.05, 0.1) is 0 Å². The number of aliphatic carboxylic acids is 1. The molecule has 0 amide bonds. The normalized spacial score (nSPS) is 15.5. The van der Waals surface area contributed by atoms with Crippen molar-refractivity contribution < 1.29 is 15.0 Å². The Balaban J connectivity index is 4.17. The summed E-state index contributed by atoms with van der Waals surface area (Å²) in [7, 11) is 0. The third-order valence-corrected chi connectivity index (χ3v) is 2.14. The first-order valence-corrected chi connectivity index (χ1v) is 5.01. The molecule has 14 heavy (non-hydrogen) atoms. The van der Waals surface area contributed by atoms with E-state index >= 15 is 0 Å². The zero-order chi connectivity index (χ0) is 11.2. The SMILES string of the molecule is CC(C)CC(C)(NCCCO)C(=O)O. The minimum Gasteiger partial charge on any atom is -0.480 e. The van der Waals surface area contributed by atoms with E-state index in [1.165, 1.54) is 0 Å². The first-order valence-electron chi connectivity index (χ1n) is 5.01. The number of aliphatic hydroxyl groups excluding tert-OH is 1. The fourth-order valence-corrected chi connectivity index (χ4v) is 1.49. The molecule has 0 saturated heterocycles. The minimum atomic E-state index is -0.872. The average Bonchev–Trinajstić information content (AvgIpc) is 2.03. The molecule has 3 N–H and O–H groups in total. The fourth-order valence-electron chi connectivity index (χ4n) is 1.49. The highest BCUT2D eigenvalue weighted by atomic mass is 16.4. The van der Waals surface area contributed by atoms with Crippen LogP contribution in [-0.4, -0.2) is 34.9 Å². The van der Waals surface area contributed by atoms with Crippen molar-refractivity contribution in [2.45, 2.75) is 39.2 Å². The number of carboxylic acids is 1. The van der Waals surface area contributed by atoms with E-state index in [1.807, 2.05) is 13.8 Å². The Morgan fingerprint density at radius 3 is 2.43 bits per heavy atom. The van der Waals surface area contributed by atoms with Crippen molar-refractivity contribution in [3.63, 3.8) is 0 Å². The molecule has 4 nitrogen and oxygen atoms in total. The van der Waals surface area contributed by atoms with Gasteiger partial charge in [0.25, 0.3) is 0 Å². The molecule has 0 heterocycles. The Kier molecular flexibility index (Phi) is 5.72. The maximum atomic E-state index is 11.0. The smallest absolute Gasteiger partial charge is 0.323 e. The maximum absolute atomic E-state index is 11.0. The van der Waals surface area contributed by atoms with Crippen LogP contribution in [0.5, 0.6) is 0 Å². The van der Waals surface area contributed by atoms with Gasteiger partial charge < -0.3 is 15.5 Å². The Labute approximate surface area is 85.3 Å². The van der Waals surface area contributed by atoms with E-state index in [0.717, 1.165) is 0 Å². The molecule has 4 heteroatoms. The molecular formula is C10H21NO3. The van der Waals surface area contributed by atoms with Crippen LogP contribution in [0.4, 0.5) is 0 Å². The predicted molar refractivity (Wildman–Crippen MR) is 55.2 cm³/mol. The third kappa shape index (κ3) is 4.58. The Morgan fingerprint density at radius 2 is 2.07 bits per heavy atom. The van der Waals surface area contributed by atoms with Crippen LogP contribution in [-0.2, 0) is 4.79 Å². The number of hydrogen-bond acceptors (Lipinski definition) is 3. The zero-order valence-corrected chi connectivity index (χ0v) is 9.21. The molecule has 84 valence electrons. The van der Waals surface area contributed by atoms with E-state index in [1.54, 1.807) is 6.92 Å². The zero-order valence-electron chi connectivity index (χ0n) is 9.21. The molecule has 0 radical (unpaired) electrons. The molecule has 0 rings (SSSR count). The maximum Gasteiger partial charge on any atom is 0.323 e. The summed E-state index contributed by atoms with van der Waals surface area (Å²) in [6, 6.07) is 0. The van der Waals surface area contributed by atoms with Crippen LogP contribution in [0.1, 0.15) is 33.6 Å². The van der Waals surface area contributed by atoms with E-state index in [-0.39, 0.29) is 6.61 Å². The van der Waals surface area contributed by atoms with Gasteiger partial charge in [-0.3, -0.25) is 4.79 Å². The summed E-state index contributed by atoms with van der Waals surface area (Å²) in [4.78, 5) is 11.0. The Bertz CT molecular complexity index is 182. The topological polar surface area (TPSA) is 69.6 Å². The van der Waals surface area contributed by atoms with Gasteiger partial charge in [0, 0.05) is 6.61 Å². The summed E-state index contributed by atoms with van der Waals surface area (Å²) in [5.74, 6) is -0.498. The minimum absolute atomic E-state index is 0.0877. The Morgan fingerprint density at radius 1 is 1.50 bits per heavy atom. The monoisotopic (exact) mass is 203 g/mol. The van der Waals surface area contributed by atoms with Crippen molar-refractivity contribution in [2.24, 2.45) is 5.92 Å². The molecule has 0 bridgehead atoms. The van der Waals surface area contributed by atoms with Gasteiger partial charge in [-0.15, -0.1) is 0 Å². The van der Waals surface area contributed by atoms with E-state index in [9.17, 15) is 4.79 Å². The molecule has 0 aromatic carbocycles. The van der Waals surface area contributed by atoms with Crippen LogP contribution >= 0.6 is 0 Å². The summed E-state index contributed by atoms with van der Waals surface area (Å²) in [5, 5.41) is 20.6. The molecular weight excluding hydrogens is 182 g/mol. The van der Waals surface area contributed by atoms with Gasteiger partial charge in [-0.1, -0.05) is 13.8 Å². The van der Waals surface area contributed by atoms with Gasteiger partial charge in [0.15, 0.2) is 0 Å². The number of rotatable bonds is 7. The number of hydrogen-bond donors (Lipinski definition) is 3. The van der Waals surface area contributed by atoms with Gasteiger partial charge in [-0.05, 0) is 32.2 Å². The van der Waals surface area contributed by atoms with Gasteiger partial charge in [-0.2, -0.15) is 0 Å². The van der Waals surface area contributed by atoms with Gasteiger partial charge in [0.1, 0.15) is 5.54 Å². The highest BCUT2D eigenvalue weighted by Crippen LogP contribution is 2.16. The lowest BCUT2D eigenvalue weighted by Crippen LogP contribution is -2.50. The first-order chi connectivity index (χ1) is 6.42. The van der Waals surface area contributed by atoms with Crippen LogP contribution in [0.15, 0.2) is 0 Å². The number of nitrogens with one attached hydrogen (secondary N) is 1. The predicted octanol–water partition coefficient (Wildman–Crippen LogP) is 0.848. The molecule has 0 aliphatic heterocycles. The van der Waals surface area contributed by atoms with Crippen molar-refractivity contribution in [3.05, 3.63) is 0 Å². The van der Waals surface area contributed by atoms with E-state index in [0.29, 0.717) is 25.3 Å². The van der Waals surface area contributed by atoms with Crippen LogP contribution in [0.25, 0.3) is 0 Å². The summed E-state index contributed by atoms with van der Waals surface area (Å²) in [5.41, 5.74) is -0.872. The standard InChI is InChI=1S/C10H21NO3/c1-8(2)7-10(3,9(13)14)11-5-4-6-12/h8,11-12H,4-7H2,1-3H3,(H,13,14). The fraction of sp³-hybridized carbons (Fsp3) is 0.900. The lowest BCUT2D eigenvalue weighted by Gasteiger charge is -2.28. The van der Waals surface area contributed by atoms with Crippen LogP contribution < -0.4 is 5.32 Å². The van der Waals surface area contributed by atoms with Gasteiger partial charge in [0.2, 0.25) is 0 Å². The van der Waals surface area contributed by atoms with Crippen LogP contribution in [0, 0.1) is 5.92 Å². The molecule has 0 aliphatic carbocycles. The highest BCUT2D eigenvalue weighted by molar-refractivity contribution is 5.78. The van der Waals surface area contributed by atoms with Crippen molar-refractivity contribution in [1.29, 1.82) is 0 Å². The average molecular weight is 203 g/mol. The van der Waals surface area contributed by atoms with Crippen molar-refractivity contribution >= 4 is 5.97 Å². The molecule has 0 fully saturated rings. The van der Waals surface area contributed by atoms with Crippen molar-refractivity contribution in [2.75, 3.05) is 13.2 Å². The van der Waals surface area contributed by atoms with Crippen LogP contribution in [0.2, 0.25) is 0 Å². The summed E-state index contributed by atoms with van der Waals surface area (Å²) >= 11 is 0. The molecule has 0 aliphatic rings. The molecule has 0 saturated carbocycles. The second kappa shape index (κ2) is 5.98. The molecule has 1 unspecified atom stereocenters. The summed E-state index contributed by atoms with van der Waals surface area (Å²) in [6.07, 6.45) is 1.18. The van der Waals surface area contributed by atoms with E-state index in [2.05, 4.69) is 5.32 Å². The summed E-state index contributed by atoms with van der Waals surface area (Å²) < 4.78 is 0. The van der Waals surface area contributed by atoms with Crippen LogP contribution in [0.3, 0.4) is 0 Å². The number of carbonyl (C=O) groups is 1. The molecule has 0 aromatic rings. The van der Waals surface area contributed by atoms with Gasteiger partial charge in [-0.25, -0.2) is 0 Å². The van der Waals surface area contributed by atoms with E-state index in [4.69, 9.17) is 10.2 Å². The second-order valence-corrected chi connectivity index (χ2v) is 4.24. The van der Waals surface area contributed by atoms with Gasteiger partial charge >= 0.3 is 5.97 Å². The third-order valence-electron chi connectivity index (χ3n) is 2.14. The van der Waals surface area contributed by atoms with Crippen molar-refractivity contribution in [1.82, 2.24) is 5.32 Å². The highest BCUT2D eigenvalue weighted by Gasteiger charge is 2.32. The number of carboxylic acid groups (broad SMARTS) is 1. The lowest BCUT2D eigenvalue weighted by atomic mass is 9.91.